The van der Waals surface area contributed by atoms with Gasteiger partial charge in [-0.1, -0.05) is 24.3 Å². The molecule has 3 rings (SSSR count). The van der Waals surface area contributed by atoms with E-state index < -0.39 is 11.6 Å². The Morgan fingerprint density at radius 3 is 2.59 bits per heavy atom. The van der Waals surface area contributed by atoms with E-state index in [1.165, 1.54) is 5.56 Å². The van der Waals surface area contributed by atoms with Crippen LogP contribution in [0.5, 0.6) is 0 Å². The molecule has 0 saturated heterocycles. The smallest absolute Gasteiger partial charge is 0.320 e. The van der Waals surface area contributed by atoms with Crippen molar-refractivity contribution in [3.63, 3.8) is 0 Å². The predicted molar refractivity (Wildman–Crippen MR) is 107 cm³/mol. The molecule has 1 unspecified atom stereocenters. The van der Waals surface area contributed by atoms with Crippen LogP contribution in [0.4, 0.5) is 16.2 Å². The number of urea groups is 1. The van der Waals surface area contributed by atoms with Crippen molar-refractivity contribution in [3.05, 3.63) is 59.7 Å². The lowest BCUT2D eigenvalue weighted by atomic mass is 9.87. The molecule has 0 bridgehead atoms. The van der Waals surface area contributed by atoms with Gasteiger partial charge in [-0.15, -0.1) is 0 Å². The van der Waals surface area contributed by atoms with Crippen LogP contribution in [0.15, 0.2) is 48.5 Å². The van der Waals surface area contributed by atoms with E-state index in [4.69, 9.17) is 5.73 Å². The molecule has 1 atom stereocenters. The van der Waals surface area contributed by atoms with Crippen molar-refractivity contribution in [2.45, 2.75) is 44.7 Å². The Kier molecular flexibility index (Phi) is 5.35. The molecular weight excluding hydrogens is 340 g/mol. The predicted octanol–water partition coefficient (Wildman–Crippen LogP) is 3.36. The van der Waals surface area contributed by atoms with E-state index in [1.54, 1.807) is 26.0 Å². The van der Waals surface area contributed by atoms with Gasteiger partial charge in [0, 0.05) is 11.4 Å². The summed E-state index contributed by atoms with van der Waals surface area (Å²) in [5.74, 6) is -0.222. The summed E-state index contributed by atoms with van der Waals surface area (Å²) >= 11 is 0. The Balaban J connectivity index is 1.64. The van der Waals surface area contributed by atoms with Crippen molar-refractivity contribution < 1.29 is 9.59 Å². The summed E-state index contributed by atoms with van der Waals surface area (Å²) < 4.78 is 0. The molecule has 0 heterocycles. The highest BCUT2D eigenvalue weighted by molar-refractivity contribution is 5.95. The number of hydrogen-bond acceptors (Lipinski definition) is 3. The third-order valence-corrected chi connectivity index (χ3v) is 4.81. The largest absolute Gasteiger partial charge is 0.399 e. The van der Waals surface area contributed by atoms with Gasteiger partial charge in [0.2, 0.25) is 5.91 Å². The first kappa shape index (κ1) is 18.8. The number of aryl methyl sites for hydroxylation is 1. The first-order chi connectivity index (χ1) is 12.8. The number of amides is 3. The molecule has 0 saturated carbocycles. The second-order valence-corrected chi connectivity index (χ2v) is 7.45. The number of benzene rings is 2. The molecule has 5 N–H and O–H groups in total. The van der Waals surface area contributed by atoms with Crippen molar-refractivity contribution in [2.75, 3.05) is 11.1 Å². The maximum Gasteiger partial charge on any atom is 0.320 e. The Morgan fingerprint density at radius 2 is 1.85 bits per heavy atom. The van der Waals surface area contributed by atoms with Gasteiger partial charge >= 0.3 is 6.03 Å². The van der Waals surface area contributed by atoms with Crippen LogP contribution in [0.1, 0.15) is 43.9 Å². The van der Waals surface area contributed by atoms with Crippen molar-refractivity contribution in [1.29, 1.82) is 0 Å². The number of nitrogens with two attached hydrogens (primary N) is 1. The molecule has 27 heavy (non-hydrogen) atoms. The third kappa shape index (κ3) is 4.58. The first-order valence-electron chi connectivity index (χ1n) is 9.18. The van der Waals surface area contributed by atoms with E-state index >= 15 is 0 Å². The van der Waals surface area contributed by atoms with Crippen LogP contribution < -0.4 is 21.7 Å². The van der Waals surface area contributed by atoms with Crippen LogP contribution in [-0.2, 0) is 11.2 Å². The second-order valence-electron chi connectivity index (χ2n) is 7.45. The zero-order valence-corrected chi connectivity index (χ0v) is 15.7. The topological polar surface area (TPSA) is 96.2 Å². The molecule has 0 aromatic heterocycles. The number of rotatable bonds is 4. The molecule has 0 aliphatic heterocycles. The number of carbonyl (C=O) groups is 2. The van der Waals surface area contributed by atoms with Crippen LogP contribution in [0.3, 0.4) is 0 Å². The third-order valence-electron chi connectivity index (χ3n) is 4.81. The molecule has 0 fully saturated rings. The number of hydrogen-bond donors (Lipinski definition) is 4. The lowest BCUT2D eigenvalue weighted by Gasteiger charge is -2.31. The summed E-state index contributed by atoms with van der Waals surface area (Å²) in [6.45, 7) is 3.39. The molecule has 6 nitrogen and oxygen atoms in total. The summed E-state index contributed by atoms with van der Waals surface area (Å²) in [6, 6.07) is 14.5. The van der Waals surface area contributed by atoms with Crippen LogP contribution in [0, 0.1) is 0 Å². The minimum atomic E-state index is -1.05. The molecule has 2 aromatic carbocycles. The highest BCUT2D eigenvalue weighted by atomic mass is 16.2. The van der Waals surface area contributed by atoms with Gasteiger partial charge in [0.25, 0.3) is 0 Å². The number of para-hydroxylation sites is 1. The highest BCUT2D eigenvalue weighted by Crippen LogP contribution is 2.31. The molecule has 142 valence electrons. The average Bonchev–Trinajstić information content (AvgIpc) is 2.62. The van der Waals surface area contributed by atoms with Crippen LogP contribution in [-0.4, -0.2) is 17.5 Å². The Hall–Kier alpha value is -3.02. The zero-order valence-electron chi connectivity index (χ0n) is 15.7. The Bertz CT molecular complexity index is 833. The van der Waals surface area contributed by atoms with E-state index in [1.807, 2.05) is 36.4 Å². The SMILES string of the molecule is CC(C)(NC(=O)Nc1ccccc1)C(=O)NC1CCCc2cc(N)ccc21. The van der Waals surface area contributed by atoms with Gasteiger partial charge in [-0.25, -0.2) is 4.79 Å². The van der Waals surface area contributed by atoms with E-state index in [0.29, 0.717) is 5.69 Å². The van der Waals surface area contributed by atoms with Crippen molar-refractivity contribution >= 4 is 23.3 Å². The summed E-state index contributed by atoms with van der Waals surface area (Å²) in [7, 11) is 0. The van der Waals surface area contributed by atoms with E-state index in [-0.39, 0.29) is 11.9 Å². The number of nitrogen functional groups attached to an aromatic ring is 1. The normalized spacial score (nSPS) is 16.1. The van der Waals surface area contributed by atoms with Crippen LogP contribution in [0.25, 0.3) is 0 Å². The van der Waals surface area contributed by atoms with Gasteiger partial charge < -0.3 is 21.7 Å². The van der Waals surface area contributed by atoms with E-state index in [0.717, 1.165) is 30.5 Å². The van der Waals surface area contributed by atoms with Gasteiger partial charge in [-0.3, -0.25) is 4.79 Å². The first-order valence-corrected chi connectivity index (χ1v) is 9.18. The summed E-state index contributed by atoms with van der Waals surface area (Å²) in [5, 5.41) is 8.56. The maximum absolute atomic E-state index is 12.8. The lowest BCUT2D eigenvalue weighted by molar-refractivity contribution is -0.126. The van der Waals surface area contributed by atoms with E-state index in [9.17, 15) is 9.59 Å². The lowest BCUT2D eigenvalue weighted by Crippen LogP contribution is -2.56. The monoisotopic (exact) mass is 366 g/mol. The molecule has 1 aliphatic rings. The van der Waals surface area contributed by atoms with Crippen LogP contribution in [0.2, 0.25) is 0 Å². The molecular formula is C21H26N4O2. The standard InChI is InChI=1S/C21H26N4O2/c1-21(2,25-20(27)23-16-8-4-3-5-9-16)19(26)24-18-10-6-7-14-13-15(22)11-12-17(14)18/h3-5,8-9,11-13,18H,6-7,10,22H2,1-2H3,(H,24,26)(H2,23,25,27). The number of anilines is 2. The fraction of sp³-hybridized carbons (Fsp3) is 0.333. The summed E-state index contributed by atoms with van der Waals surface area (Å²) in [6.07, 6.45) is 2.83. The maximum atomic E-state index is 12.8. The second kappa shape index (κ2) is 7.70. The molecule has 6 heteroatoms. The highest BCUT2D eigenvalue weighted by Gasteiger charge is 2.32. The molecule has 0 spiro atoms. The number of fused-ring (bicyclic) bond motifs is 1. The van der Waals surface area contributed by atoms with Gasteiger partial charge in [0.1, 0.15) is 5.54 Å². The fourth-order valence-corrected chi connectivity index (χ4v) is 3.35. The minimum Gasteiger partial charge on any atom is -0.399 e. The Morgan fingerprint density at radius 1 is 1.11 bits per heavy atom. The summed E-state index contributed by atoms with van der Waals surface area (Å²) in [4.78, 5) is 25.1. The van der Waals surface area contributed by atoms with Crippen molar-refractivity contribution in [1.82, 2.24) is 10.6 Å². The number of carbonyl (C=O) groups excluding carboxylic acids is 2. The molecule has 3 amide bonds. The van der Waals surface area contributed by atoms with Crippen molar-refractivity contribution in [3.8, 4) is 0 Å². The van der Waals surface area contributed by atoms with Crippen LogP contribution >= 0.6 is 0 Å². The molecule has 1 aliphatic carbocycles. The van der Waals surface area contributed by atoms with Crippen molar-refractivity contribution in [2.24, 2.45) is 0 Å². The minimum absolute atomic E-state index is 0.0693. The van der Waals surface area contributed by atoms with Gasteiger partial charge in [-0.05, 0) is 68.5 Å². The Labute approximate surface area is 159 Å². The summed E-state index contributed by atoms with van der Waals surface area (Å²) in [5.41, 5.74) is 8.52. The fourth-order valence-electron chi connectivity index (χ4n) is 3.35. The van der Waals surface area contributed by atoms with E-state index in [2.05, 4.69) is 16.0 Å². The molecule has 2 aromatic rings. The van der Waals surface area contributed by atoms with Gasteiger partial charge in [0.15, 0.2) is 0 Å². The zero-order chi connectivity index (χ0) is 19.4. The molecule has 0 radical (unpaired) electrons. The van der Waals surface area contributed by atoms with Gasteiger partial charge in [-0.2, -0.15) is 0 Å². The number of nitrogens with one attached hydrogen (secondary N) is 3. The average molecular weight is 366 g/mol. The van der Waals surface area contributed by atoms with Gasteiger partial charge in [0.05, 0.1) is 6.04 Å². The quantitative estimate of drug-likeness (QED) is 0.625.